The molecule has 0 unspecified atom stereocenters. The van der Waals surface area contributed by atoms with Crippen molar-refractivity contribution in [1.29, 1.82) is 0 Å². The lowest BCUT2D eigenvalue weighted by molar-refractivity contribution is -0.118. The maximum absolute atomic E-state index is 11.9. The van der Waals surface area contributed by atoms with E-state index in [1.807, 2.05) is 13.8 Å². The Bertz CT molecular complexity index is 709. The number of nitrogens with one attached hydrogen (secondary N) is 2. The molecular formula is C14H16ClN3O2. The van der Waals surface area contributed by atoms with E-state index in [1.54, 1.807) is 18.3 Å². The Kier molecular flexibility index (Phi) is 4.11. The number of rotatable bonds is 3. The molecule has 2 aromatic rings. The molecule has 0 bridgehead atoms. The van der Waals surface area contributed by atoms with Crippen molar-refractivity contribution in [1.82, 2.24) is 4.98 Å². The molecular weight excluding hydrogens is 278 g/mol. The molecule has 20 heavy (non-hydrogen) atoms. The molecule has 1 aromatic heterocycles. The van der Waals surface area contributed by atoms with Gasteiger partial charge in [0, 0.05) is 12.3 Å². The quantitative estimate of drug-likeness (QED) is 0.810. The van der Waals surface area contributed by atoms with Crippen LogP contribution in [0, 0.1) is 5.92 Å². The van der Waals surface area contributed by atoms with Crippen LogP contribution in [0.5, 0.6) is 0 Å². The molecule has 106 valence electrons. The highest BCUT2D eigenvalue weighted by Crippen LogP contribution is 2.27. The average molecular weight is 294 g/mol. The number of hydrogen-bond donors (Lipinski definition) is 3. The third-order valence-corrected chi connectivity index (χ3v) is 3.42. The molecule has 1 amide bonds. The van der Waals surface area contributed by atoms with Crippen molar-refractivity contribution >= 4 is 34.0 Å². The maximum Gasteiger partial charge on any atom is 0.248 e. The third-order valence-electron chi connectivity index (χ3n) is 3.11. The molecule has 1 atom stereocenters. The summed E-state index contributed by atoms with van der Waals surface area (Å²) in [6.07, 6.45) is 1.58. The van der Waals surface area contributed by atoms with Crippen LogP contribution in [0.2, 0.25) is 5.02 Å². The Labute approximate surface area is 121 Å². The van der Waals surface area contributed by atoms with Gasteiger partial charge in [0.2, 0.25) is 11.5 Å². The molecule has 0 spiro atoms. The number of hydrogen-bond acceptors (Lipinski definition) is 3. The molecule has 0 fully saturated rings. The summed E-state index contributed by atoms with van der Waals surface area (Å²) in [5, 5.41) is 4.58. The van der Waals surface area contributed by atoms with Crippen LogP contribution in [0.3, 0.4) is 0 Å². The smallest absolute Gasteiger partial charge is 0.248 e. The Morgan fingerprint density at radius 3 is 2.65 bits per heavy atom. The lowest BCUT2D eigenvalue weighted by Gasteiger charge is -2.16. The lowest BCUT2D eigenvalue weighted by Crippen LogP contribution is -2.39. The van der Waals surface area contributed by atoms with Crippen molar-refractivity contribution < 1.29 is 4.79 Å². The average Bonchev–Trinajstić information content (AvgIpc) is 2.39. The topological polar surface area (TPSA) is 88.0 Å². The first-order valence-corrected chi connectivity index (χ1v) is 6.64. The Hall–Kier alpha value is -1.85. The van der Waals surface area contributed by atoms with E-state index in [4.69, 9.17) is 17.3 Å². The fraction of sp³-hybridized carbons (Fsp3) is 0.286. The predicted molar refractivity (Wildman–Crippen MR) is 81.0 cm³/mol. The largest absolute Gasteiger partial charge is 0.328 e. The van der Waals surface area contributed by atoms with Crippen LogP contribution in [0.4, 0.5) is 5.69 Å². The number of H-pyrrole nitrogens is 1. The summed E-state index contributed by atoms with van der Waals surface area (Å²) in [5.41, 5.74) is 6.02. The zero-order valence-corrected chi connectivity index (χ0v) is 12.0. The maximum atomic E-state index is 11.9. The molecule has 2 rings (SSSR count). The summed E-state index contributed by atoms with van der Waals surface area (Å²) in [6, 6.07) is 4.19. The number of anilines is 1. The summed E-state index contributed by atoms with van der Waals surface area (Å²) in [7, 11) is 0. The van der Waals surface area contributed by atoms with Gasteiger partial charge in [-0.25, -0.2) is 0 Å². The van der Waals surface area contributed by atoms with E-state index in [0.717, 1.165) is 5.39 Å². The molecule has 0 saturated carbocycles. The molecule has 0 aliphatic carbocycles. The summed E-state index contributed by atoms with van der Waals surface area (Å²) < 4.78 is 0. The predicted octanol–water partition coefficient (Wildman–Crippen LogP) is 2.10. The number of pyridine rings is 1. The molecule has 0 aliphatic heterocycles. The number of carbonyl (C=O) groups is 1. The fourth-order valence-corrected chi connectivity index (χ4v) is 2.02. The number of nitrogens with two attached hydrogens (primary N) is 1. The standard InChI is InChI=1S/C14H16ClN3O2/c1-7(2)13(16)14(20)18-11-4-8-5-12(19)17-6-9(8)3-10(11)15/h3-7,13H,16H2,1-2H3,(H,17,19)(H,18,20)/t13-/m1/s1. The number of carbonyl (C=O) groups excluding carboxylic acids is 1. The number of benzene rings is 1. The van der Waals surface area contributed by atoms with E-state index in [9.17, 15) is 9.59 Å². The normalized spacial score (nSPS) is 12.7. The van der Waals surface area contributed by atoms with Gasteiger partial charge >= 0.3 is 0 Å². The molecule has 0 aliphatic rings. The minimum absolute atomic E-state index is 0.0251. The van der Waals surface area contributed by atoms with Crippen LogP contribution in [0.1, 0.15) is 13.8 Å². The van der Waals surface area contributed by atoms with E-state index in [2.05, 4.69) is 10.3 Å². The lowest BCUT2D eigenvalue weighted by atomic mass is 10.0. The van der Waals surface area contributed by atoms with Crippen molar-refractivity contribution in [2.45, 2.75) is 19.9 Å². The second-order valence-electron chi connectivity index (χ2n) is 5.02. The number of aromatic nitrogens is 1. The second-order valence-corrected chi connectivity index (χ2v) is 5.42. The Morgan fingerprint density at radius 2 is 2.00 bits per heavy atom. The van der Waals surface area contributed by atoms with E-state index in [-0.39, 0.29) is 17.4 Å². The van der Waals surface area contributed by atoms with Crippen LogP contribution in [0.15, 0.2) is 29.2 Å². The van der Waals surface area contributed by atoms with Crippen molar-refractivity contribution in [2.24, 2.45) is 11.7 Å². The third kappa shape index (κ3) is 3.00. The van der Waals surface area contributed by atoms with Crippen LogP contribution in [-0.2, 0) is 4.79 Å². The van der Waals surface area contributed by atoms with Crippen molar-refractivity contribution in [3.63, 3.8) is 0 Å². The van der Waals surface area contributed by atoms with Gasteiger partial charge in [-0.2, -0.15) is 0 Å². The van der Waals surface area contributed by atoms with E-state index >= 15 is 0 Å². The summed E-state index contributed by atoms with van der Waals surface area (Å²) in [5.74, 6) is -0.275. The van der Waals surface area contributed by atoms with Gasteiger partial charge in [-0.1, -0.05) is 25.4 Å². The SMILES string of the molecule is CC(C)[C@@H](N)C(=O)Nc1cc2cc(=O)[nH]cc2cc1Cl. The van der Waals surface area contributed by atoms with Crippen LogP contribution in [-0.4, -0.2) is 16.9 Å². The zero-order valence-electron chi connectivity index (χ0n) is 11.2. The van der Waals surface area contributed by atoms with Crippen molar-refractivity contribution in [3.8, 4) is 0 Å². The highest BCUT2D eigenvalue weighted by molar-refractivity contribution is 6.34. The van der Waals surface area contributed by atoms with Gasteiger partial charge in [0.25, 0.3) is 0 Å². The number of halogens is 1. The summed E-state index contributed by atoms with van der Waals surface area (Å²) >= 11 is 6.12. The second kappa shape index (κ2) is 5.64. The zero-order chi connectivity index (χ0) is 14.9. The minimum atomic E-state index is -0.610. The minimum Gasteiger partial charge on any atom is -0.328 e. The van der Waals surface area contributed by atoms with Crippen LogP contribution < -0.4 is 16.6 Å². The number of aromatic amines is 1. The van der Waals surface area contributed by atoms with Gasteiger partial charge < -0.3 is 16.0 Å². The van der Waals surface area contributed by atoms with E-state index in [1.165, 1.54) is 6.07 Å². The highest BCUT2D eigenvalue weighted by atomic mass is 35.5. The first-order valence-electron chi connectivity index (χ1n) is 6.27. The van der Waals surface area contributed by atoms with E-state index < -0.39 is 6.04 Å². The van der Waals surface area contributed by atoms with Gasteiger partial charge in [-0.15, -0.1) is 0 Å². The van der Waals surface area contributed by atoms with Crippen LogP contribution in [0.25, 0.3) is 10.8 Å². The van der Waals surface area contributed by atoms with Gasteiger partial charge in [0.1, 0.15) is 0 Å². The van der Waals surface area contributed by atoms with E-state index in [0.29, 0.717) is 16.1 Å². The first kappa shape index (κ1) is 14.6. The molecule has 5 nitrogen and oxygen atoms in total. The fourth-order valence-electron chi connectivity index (χ4n) is 1.80. The molecule has 0 radical (unpaired) electrons. The Balaban J connectivity index is 2.37. The van der Waals surface area contributed by atoms with Gasteiger partial charge in [0.05, 0.1) is 16.8 Å². The van der Waals surface area contributed by atoms with Gasteiger partial charge in [0.15, 0.2) is 0 Å². The summed E-state index contributed by atoms with van der Waals surface area (Å²) in [6.45, 7) is 3.73. The van der Waals surface area contributed by atoms with Crippen molar-refractivity contribution in [3.05, 3.63) is 39.8 Å². The van der Waals surface area contributed by atoms with Crippen molar-refractivity contribution in [2.75, 3.05) is 5.32 Å². The first-order chi connectivity index (χ1) is 9.38. The molecule has 1 heterocycles. The highest BCUT2D eigenvalue weighted by Gasteiger charge is 2.18. The summed E-state index contributed by atoms with van der Waals surface area (Å²) in [4.78, 5) is 25.8. The number of fused-ring (bicyclic) bond motifs is 1. The Morgan fingerprint density at radius 1 is 1.30 bits per heavy atom. The molecule has 0 saturated heterocycles. The molecule has 4 N–H and O–H groups in total. The monoisotopic (exact) mass is 293 g/mol. The van der Waals surface area contributed by atoms with Gasteiger partial charge in [-0.05, 0) is 28.8 Å². The van der Waals surface area contributed by atoms with Crippen LogP contribution >= 0.6 is 11.6 Å². The number of amides is 1. The molecule has 6 heteroatoms. The van der Waals surface area contributed by atoms with Gasteiger partial charge in [-0.3, -0.25) is 9.59 Å². The molecule has 1 aromatic carbocycles.